The number of oxime groups is 1. The summed E-state index contributed by atoms with van der Waals surface area (Å²) in [4.78, 5) is 43.1. The van der Waals surface area contributed by atoms with Crippen molar-refractivity contribution in [1.29, 1.82) is 0 Å². The van der Waals surface area contributed by atoms with E-state index in [2.05, 4.69) is 15.8 Å². The summed E-state index contributed by atoms with van der Waals surface area (Å²) in [5.74, 6) is -1.64. The molecule has 0 saturated carbocycles. The number of carbonyl (C=O) groups is 3. The topological polar surface area (TPSA) is 106 Å². The van der Waals surface area contributed by atoms with E-state index in [1.165, 1.54) is 7.11 Å². The van der Waals surface area contributed by atoms with E-state index < -0.39 is 23.8 Å². The Morgan fingerprint density at radius 3 is 2.16 bits per heavy atom. The first-order chi connectivity index (χ1) is 17.8. The summed E-state index contributed by atoms with van der Waals surface area (Å²) in [6.45, 7) is 1.83. The molecule has 0 aliphatic carbocycles. The van der Waals surface area contributed by atoms with Crippen LogP contribution in [0.3, 0.4) is 0 Å². The van der Waals surface area contributed by atoms with Gasteiger partial charge in [-0.15, -0.1) is 0 Å². The van der Waals surface area contributed by atoms with E-state index in [0.29, 0.717) is 11.3 Å². The molecule has 0 spiro atoms. The lowest BCUT2D eigenvalue weighted by Gasteiger charge is -2.18. The van der Waals surface area contributed by atoms with Gasteiger partial charge < -0.3 is 20.2 Å². The van der Waals surface area contributed by atoms with E-state index >= 15 is 0 Å². The number of rotatable bonds is 10. The van der Waals surface area contributed by atoms with Crippen LogP contribution in [0.15, 0.2) is 78.0 Å². The molecule has 0 aliphatic heterocycles. The molecule has 0 aliphatic rings. The van der Waals surface area contributed by atoms with E-state index in [1.54, 1.807) is 73.7 Å². The molecule has 0 bridgehead atoms. The highest BCUT2D eigenvalue weighted by Crippen LogP contribution is 2.25. The van der Waals surface area contributed by atoms with Crippen molar-refractivity contribution < 1.29 is 24.0 Å². The minimum absolute atomic E-state index is 0.0219. The van der Waals surface area contributed by atoms with Gasteiger partial charge in [-0.2, -0.15) is 0 Å². The quantitative estimate of drug-likeness (QED) is 0.216. The molecule has 0 radical (unpaired) electrons. The van der Waals surface area contributed by atoms with Gasteiger partial charge in [0.25, 0.3) is 11.8 Å². The van der Waals surface area contributed by atoms with Crippen molar-refractivity contribution >= 4 is 52.4 Å². The van der Waals surface area contributed by atoms with Gasteiger partial charge in [-0.05, 0) is 36.8 Å². The Labute approximate surface area is 224 Å². The average Bonchev–Trinajstić information content (AvgIpc) is 2.88. The lowest BCUT2D eigenvalue weighted by molar-refractivity contribution is -0.146. The summed E-state index contributed by atoms with van der Waals surface area (Å²) in [6, 6.07) is 19.4. The van der Waals surface area contributed by atoms with Crippen LogP contribution in [-0.4, -0.2) is 43.3 Å². The third kappa shape index (κ3) is 7.55. The van der Waals surface area contributed by atoms with Crippen LogP contribution in [0.5, 0.6) is 0 Å². The summed E-state index contributed by atoms with van der Waals surface area (Å²) in [7, 11) is 1.33. The molecule has 3 rings (SSSR count). The largest absolute Gasteiger partial charge is 0.464 e. The lowest BCUT2D eigenvalue weighted by Crippen LogP contribution is -2.46. The Balaban J connectivity index is 1.74. The van der Waals surface area contributed by atoms with Gasteiger partial charge in [0.05, 0.1) is 22.2 Å². The third-order valence-corrected chi connectivity index (χ3v) is 5.79. The van der Waals surface area contributed by atoms with Crippen molar-refractivity contribution in [2.75, 3.05) is 19.0 Å². The zero-order chi connectivity index (χ0) is 26.8. The SMILES string of the molecule is CCOC(=O)[C@H](Cc1ccc(NC(=O)c2c(Cl)cccc2Cl)cc1)NC(=O)/C(=N/OC)c1ccccc1. The van der Waals surface area contributed by atoms with E-state index in [1.807, 2.05) is 6.07 Å². The van der Waals surface area contributed by atoms with Gasteiger partial charge in [-0.3, -0.25) is 9.59 Å². The molecule has 3 aromatic rings. The van der Waals surface area contributed by atoms with Gasteiger partial charge in [0.15, 0.2) is 5.71 Å². The summed E-state index contributed by atoms with van der Waals surface area (Å²) < 4.78 is 5.16. The van der Waals surface area contributed by atoms with Crippen LogP contribution >= 0.6 is 23.2 Å². The Hall–Kier alpha value is -3.88. The summed E-state index contributed by atoms with van der Waals surface area (Å²) in [6.07, 6.45) is 0.143. The second-order valence-corrected chi connectivity index (χ2v) is 8.53. The number of anilines is 1. The van der Waals surface area contributed by atoms with Gasteiger partial charge >= 0.3 is 5.97 Å². The Bertz CT molecular complexity index is 1260. The van der Waals surface area contributed by atoms with Crippen molar-refractivity contribution in [3.05, 3.63) is 99.5 Å². The zero-order valence-corrected chi connectivity index (χ0v) is 21.7. The molecule has 0 fully saturated rings. The Morgan fingerprint density at radius 1 is 0.919 bits per heavy atom. The summed E-state index contributed by atoms with van der Waals surface area (Å²) >= 11 is 12.2. The van der Waals surface area contributed by atoms with Gasteiger partial charge in [0.2, 0.25) is 0 Å². The fourth-order valence-corrected chi connectivity index (χ4v) is 4.01. The minimum atomic E-state index is -0.986. The van der Waals surface area contributed by atoms with Crippen molar-refractivity contribution in [3.63, 3.8) is 0 Å². The maximum Gasteiger partial charge on any atom is 0.328 e. The van der Waals surface area contributed by atoms with Crippen molar-refractivity contribution in [1.82, 2.24) is 5.32 Å². The molecule has 0 aromatic heterocycles. The van der Waals surface area contributed by atoms with Gasteiger partial charge in [-0.1, -0.05) is 76.9 Å². The molecular weight excluding hydrogens is 517 g/mol. The second kappa shape index (κ2) is 13.4. The number of nitrogens with one attached hydrogen (secondary N) is 2. The normalized spacial score (nSPS) is 11.8. The number of benzene rings is 3. The van der Waals surface area contributed by atoms with E-state index in [9.17, 15) is 14.4 Å². The fourth-order valence-electron chi connectivity index (χ4n) is 3.44. The fraction of sp³-hybridized carbons (Fsp3) is 0.185. The molecule has 1 atom stereocenters. The predicted octanol–water partition coefficient (Wildman–Crippen LogP) is 4.89. The molecule has 0 heterocycles. The number of carbonyl (C=O) groups excluding carboxylic acids is 3. The van der Waals surface area contributed by atoms with E-state index in [0.717, 1.165) is 5.56 Å². The molecule has 192 valence electrons. The molecule has 8 nitrogen and oxygen atoms in total. The average molecular weight is 542 g/mol. The number of esters is 1. The number of hydrogen-bond acceptors (Lipinski definition) is 6. The zero-order valence-electron chi connectivity index (χ0n) is 20.2. The van der Waals surface area contributed by atoms with Crippen LogP contribution in [0.1, 0.15) is 28.4 Å². The Kier molecular flexibility index (Phi) is 10.1. The number of halogens is 2. The molecule has 10 heteroatoms. The van der Waals surface area contributed by atoms with E-state index in [4.69, 9.17) is 32.8 Å². The van der Waals surface area contributed by atoms with Crippen LogP contribution < -0.4 is 10.6 Å². The molecule has 37 heavy (non-hydrogen) atoms. The number of ether oxygens (including phenoxy) is 1. The van der Waals surface area contributed by atoms with Gasteiger partial charge in [0, 0.05) is 17.7 Å². The van der Waals surface area contributed by atoms with Crippen LogP contribution in [-0.2, 0) is 25.6 Å². The van der Waals surface area contributed by atoms with Crippen LogP contribution in [0.4, 0.5) is 5.69 Å². The second-order valence-electron chi connectivity index (χ2n) is 7.72. The van der Waals surface area contributed by atoms with Crippen molar-refractivity contribution in [2.45, 2.75) is 19.4 Å². The van der Waals surface area contributed by atoms with Crippen molar-refractivity contribution in [2.24, 2.45) is 5.16 Å². The highest BCUT2D eigenvalue weighted by atomic mass is 35.5. The maximum absolute atomic E-state index is 13.0. The summed E-state index contributed by atoms with van der Waals surface area (Å²) in [5, 5.41) is 9.74. The lowest BCUT2D eigenvalue weighted by atomic mass is 10.0. The van der Waals surface area contributed by atoms with Crippen LogP contribution in [0.2, 0.25) is 10.0 Å². The van der Waals surface area contributed by atoms with Crippen molar-refractivity contribution in [3.8, 4) is 0 Å². The Morgan fingerprint density at radius 2 is 1.57 bits per heavy atom. The van der Waals surface area contributed by atoms with Crippen LogP contribution in [0.25, 0.3) is 0 Å². The molecule has 3 aromatic carbocycles. The van der Waals surface area contributed by atoms with Crippen LogP contribution in [0, 0.1) is 0 Å². The molecule has 0 saturated heterocycles. The molecule has 2 amide bonds. The number of amides is 2. The highest BCUT2D eigenvalue weighted by Gasteiger charge is 2.26. The smallest absolute Gasteiger partial charge is 0.328 e. The predicted molar refractivity (Wildman–Crippen MR) is 143 cm³/mol. The number of hydrogen-bond donors (Lipinski definition) is 2. The first-order valence-corrected chi connectivity index (χ1v) is 12.1. The first-order valence-electron chi connectivity index (χ1n) is 11.3. The first kappa shape index (κ1) is 27.7. The van der Waals surface area contributed by atoms with Gasteiger partial charge in [0.1, 0.15) is 13.2 Å². The molecule has 2 N–H and O–H groups in total. The van der Waals surface area contributed by atoms with E-state index in [-0.39, 0.29) is 34.3 Å². The minimum Gasteiger partial charge on any atom is -0.464 e. The number of nitrogens with zero attached hydrogens (tertiary/aromatic N) is 1. The third-order valence-electron chi connectivity index (χ3n) is 5.16. The molecular formula is C27H25Cl2N3O5. The maximum atomic E-state index is 13.0. The van der Waals surface area contributed by atoms with Gasteiger partial charge in [-0.25, -0.2) is 4.79 Å². The molecule has 0 unspecified atom stereocenters. The monoisotopic (exact) mass is 541 g/mol. The summed E-state index contributed by atoms with van der Waals surface area (Å²) in [5.41, 5.74) is 1.95. The standard InChI is InChI=1S/C27H25Cl2N3O5/c1-3-37-27(35)22(31-26(34)24(32-36-2)18-8-5-4-6-9-18)16-17-12-14-19(15-13-17)30-25(33)23-20(28)10-7-11-21(23)29/h4-15,22H,3,16H2,1-2H3,(H,30,33)(H,31,34)/b32-24+/t22-/m0/s1. The highest BCUT2D eigenvalue weighted by molar-refractivity contribution is 6.45.